The summed E-state index contributed by atoms with van der Waals surface area (Å²) in [5.74, 6) is 1.81. The number of ether oxygens (including phenoxy) is 1. The molecule has 1 aromatic heterocycles. The van der Waals surface area contributed by atoms with Crippen molar-refractivity contribution in [3.8, 4) is 11.5 Å². The molecule has 2 aliphatic heterocycles. The summed E-state index contributed by atoms with van der Waals surface area (Å²) in [5, 5.41) is 7.35. The zero-order chi connectivity index (χ0) is 46.1. The van der Waals surface area contributed by atoms with Crippen LogP contribution in [-0.2, 0) is 24.1 Å². The van der Waals surface area contributed by atoms with Gasteiger partial charge in [0.2, 0.25) is 5.91 Å². The lowest BCUT2D eigenvalue weighted by molar-refractivity contribution is -0.137. The maximum atomic E-state index is 13.5. The lowest BCUT2D eigenvalue weighted by Gasteiger charge is -2.41. The molecule has 2 aliphatic rings. The monoisotopic (exact) mass is 888 g/mol. The molecule has 2 saturated heterocycles. The summed E-state index contributed by atoms with van der Waals surface area (Å²) >= 11 is 0. The van der Waals surface area contributed by atoms with E-state index in [0.29, 0.717) is 41.7 Å². The highest BCUT2D eigenvalue weighted by molar-refractivity contribution is 6.00. The lowest BCUT2D eigenvalue weighted by Crippen LogP contribution is -2.43. The number of likely N-dealkylation sites (N-methyl/N-ethyl adjacent to an activating group) is 2. The number of nitrogens with one attached hydrogen (secondary N) is 2. The Morgan fingerprint density at radius 1 is 0.923 bits per heavy atom. The number of carbonyl (C=O) groups excluding carboxylic acids is 3. The Bertz CT molecular complexity index is 2440. The number of fused-ring (bicyclic) bond motifs is 1. The van der Waals surface area contributed by atoms with Crippen LogP contribution in [0.2, 0.25) is 0 Å². The molecule has 3 heterocycles. The number of nitrogens with zero attached hydrogens (tertiary/aromatic N) is 4. The summed E-state index contributed by atoms with van der Waals surface area (Å²) in [4.78, 5) is 50.0. The van der Waals surface area contributed by atoms with E-state index in [4.69, 9.17) is 9.72 Å². The Morgan fingerprint density at radius 3 is 2.31 bits per heavy atom. The first kappa shape index (κ1) is 46.9. The first-order valence-corrected chi connectivity index (χ1v) is 22.6. The summed E-state index contributed by atoms with van der Waals surface area (Å²) in [6, 6.07) is 26.6. The van der Waals surface area contributed by atoms with Crippen LogP contribution in [0, 0.1) is 11.8 Å². The second kappa shape index (κ2) is 21.3. The molecule has 2 amide bonds. The molecule has 0 spiro atoms. The van der Waals surface area contributed by atoms with Crippen LogP contribution in [0.15, 0.2) is 110 Å². The fraction of sp³-hybridized carbons (Fsp3) is 0.385. The number of carbonyl (C=O) groups is 3. The van der Waals surface area contributed by atoms with Gasteiger partial charge in [-0.25, -0.2) is 0 Å². The van der Waals surface area contributed by atoms with Crippen LogP contribution in [0.25, 0.3) is 10.8 Å². The van der Waals surface area contributed by atoms with Gasteiger partial charge in [-0.3, -0.25) is 29.2 Å². The van der Waals surface area contributed by atoms with E-state index in [1.54, 1.807) is 37.4 Å². The molecule has 5 aromatic rings. The molecule has 0 saturated carbocycles. The van der Waals surface area contributed by atoms with E-state index in [-0.39, 0.29) is 29.6 Å². The van der Waals surface area contributed by atoms with Crippen molar-refractivity contribution in [1.29, 1.82) is 0 Å². The van der Waals surface area contributed by atoms with Gasteiger partial charge in [0.1, 0.15) is 17.8 Å². The Balaban J connectivity index is 0.883. The predicted octanol–water partition coefficient (Wildman–Crippen LogP) is 9.99. The Labute approximate surface area is 379 Å². The number of aldehydes is 1. The molecular formula is C52H59F3N6O4. The molecule has 2 N–H and O–H groups in total. The minimum atomic E-state index is -4.43. The van der Waals surface area contributed by atoms with Crippen molar-refractivity contribution < 1.29 is 32.3 Å². The van der Waals surface area contributed by atoms with Gasteiger partial charge in [0.05, 0.1) is 29.0 Å². The van der Waals surface area contributed by atoms with Crippen LogP contribution in [-0.4, -0.2) is 79.2 Å². The number of likely N-dealkylation sites (tertiary alicyclic amines) is 1. The van der Waals surface area contributed by atoms with E-state index >= 15 is 0 Å². The molecule has 342 valence electrons. The SMILES string of the molecule is C=CCCC(C(=O)NC)N(C)Cc1cc(N2CCC(C3CCN(Cc4cccc(C(C)NC(=O)c5ccc6c(Oc7ccc(C(F)(F)F)cc7)cccc6c5)n4)CC3)CC2)ccc1C=O. The Hall–Kier alpha value is -6.05. The van der Waals surface area contributed by atoms with Gasteiger partial charge in [0.25, 0.3) is 5.91 Å². The first-order valence-electron chi connectivity index (χ1n) is 22.6. The van der Waals surface area contributed by atoms with Crippen molar-refractivity contribution >= 4 is 34.6 Å². The van der Waals surface area contributed by atoms with Gasteiger partial charge in [-0.15, -0.1) is 6.58 Å². The van der Waals surface area contributed by atoms with Crippen molar-refractivity contribution in [2.45, 2.75) is 76.8 Å². The summed E-state index contributed by atoms with van der Waals surface area (Å²) in [7, 11) is 3.58. The number of halogens is 3. The third-order valence-corrected chi connectivity index (χ3v) is 13.1. The second-order valence-electron chi connectivity index (χ2n) is 17.4. The highest BCUT2D eigenvalue weighted by Crippen LogP contribution is 2.36. The molecule has 13 heteroatoms. The van der Waals surface area contributed by atoms with Crippen LogP contribution in [0.1, 0.15) is 94.7 Å². The molecule has 2 atom stereocenters. The minimum absolute atomic E-state index is 0.0405. The number of anilines is 1. The van der Waals surface area contributed by atoms with Crippen molar-refractivity contribution in [3.63, 3.8) is 0 Å². The number of rotatable bonds is 17. The quantitative estimate of drug-likeness (QED) is 0.0703. The van der Waals surface area contributed by atoms with E-state index in [0.717, 1.165) is 117 Å². The molecule has 65 heavy (non-hydrogen) atoms. The van der Waals surface area contributed by atoms with E-state index in [1.165, 1.54) is 12.1 Å². The number of pyridine rings is 1. The third kappa shape index (κ3) is 11.8. The number of piperidine rings is 2. The molecule has 7 rings (SSSR count). The standard InChI is InChI=1S/C52H59F3N6O4/c1-5-6-12-48(51(64)56-3)59(4)32-41-31-44(18-14-40(41)34-62)61-28-24-37(25-29-61)36-22-26-60(27-23-36)33-43-10-8-11-47(58-43)35(2)57-50(63)39-15-21-46-38(30-39)9-7-13-49(46)65-45-19-16-42(17-20-45)52(53,54)55/h5,7-11,13-21,30-31,34-37,48H,1,6,12,22-29,32-33H2,2-4H3,(H,56,64)(H,57,63). The molecule has 0 radical (unpaired) electrons. The smallest absolute Gasteiger partial charge is 0.416 e. The van der Waals surface area contributed by atoms with Gasteiger partial charge in [-0.1, -0.05) is 24.3 Å². The number of aromatic nitrogens is 1. The molecular weight excluding hydrogens is 830 g/mol. The first-order chi connectivity index (χ1) is 31.3. The van der Waals surface area contributed by atoms with E-state index in [1.807, 2.05) is 55.3 Å². The van der Waals surface area contributed by atoms with Crippen LogP contribution >= 0.6 is 0 Å². The molecule has 4 aromatic carbocycles. The van der Waals surface area contributed by atoms with Gasteiger partial charge < -0.3 is 20.3 Å². The zero-order valence-electron chi connectivity index (χ0n) is 37.4. The zero-order valence-corrected chi connectivity index (χ0v) is 37.4. The molecule has 0 bridgehead atoms. The maximum absolute atomic E-state index is 13.5. The molecule has 10 nitrogen and oxygen atoms in total. The number of amides is 2. The van der Waals surface area contributed by atoms with Gasteiger partial charge in [-0.05, 0) is 167 Å². The van der Waals surface area contributed by atoms with Crippen LogP contribution in [0.4, 0.5) is 18.9 Å². The molecule has 2 fully saturated rings. The number of hydrogen-bond acceptors (Lipinski definition) is 8. The van der Waals surface area contributed by atoms with Crippen LogP contribution in [0.3, 0.4) is 0 Å². The number of hydrogen-bond donors (Lipinski definition) is 2. The minimum Gasteiger partial charge on any atom is -0.457 e. The maximum Gasteiger partial charge on any atom is 0.416 e. The molecule has 0 aliphatic carbocycles. The van der Waals surface area contributed by atoms with Gasteiger partial charge in [0, 0.05) is 55.4 Å². The van der Waals surface area contributed by atoms with Gasteiger partial charge in [0.15, 0.2) is 0 Å². The highest BCUT2D eigenvalue weighted by atomic mass is 19.4. The highest BCUT2D eigenvalue weighted by Gasteiger charge is 2.32. The van der Waals surface area contributed by atoms with Crippen LogP contribution < -0.4 is 20.3 Å². The summed E-state index contributed by atoms with van der Waals surface area (Å²) in [6.45, 7) is 10.9. The number of allylic oxidation sites excluding steroid dienone is 1. The second-order valence-corrected chi connectivity index (χ2v) is 17.4. The van der Waals surface area contributed by atoms with Crippen molar-refractivity contribution in [1.82, 2.24) is 25.4 Å². The topological polar surface area (TPSA) is 107 Å². The number of alkyl halides is 3. The van der Waals surface area contributed by atoms with E-state index in [9.17, 15) is 27.6 Å². The lowest BCUT2D eigenvalue weighted by atomic mass is 9.78. The normalized spacial score (nSPS) is 16.3. The Kier molecular flexibility index (Phi) is 15.4. The Morgan fingerprint density at radius 2 is 1.63 bits per heavy atom. The van der Waals surface area contributed by atoms with Gasteiger partial charge in [-0.2, -0.15) is 13.2 Å². The predicted molar refractivity (Wildman–Crippen MR) is 249 cm³/mol. The van der Waals surface area contributed by atoms with Gasteiger partial charge >= 0.3 is 6.18 Å². The fourth-order valence-corrected chi connectivity index (χ4v) is 9.36. The average Bonchev–Trinajstić information content (AvgIpc) is 3.31. The van der Waals surface area contributed by atoms with Crippen LogP contribution in [0.5, 0.6) is 11.5 Å². The summed E-state index contributed by atoms with van der Waals surface area (Å²) < 4.78 is 45.0. The largest absolute Gasteiger partial charge is 0.457 e. The third-order valence-electron chi connectivity index (χ3n) is 13.1. The summed E-state index contributed by atoms with van der Waals surface area (Å²) in [5.41, 5.74) is 4.16. The van der Waals surface area contributed by atoms with E-state index < -0.39 is 11.7 Å². The molecule has 2 unspecified atom stereocenters. The van der Waals surface area contributed by atoms with Crippen molar-refractivity contribution in [2.24, 2.45) is 11.8 Å². The van der Waals surface area contributed by atoms with Crippen molar-refractivity contribution in [3.05, 3.63) is 143 Å². The fourth-order valence-electron chi connectivity index (χ4n) is 9.36. The van der Waals surface area contributed by atoms with Crippen molar-refractivity contribution in [2.75, 3.05) is 45.2 Å². The van der Waals surface area contributed by atoms with E-state index in [2.05, 4.69) is 39.1 Å². The number of benzene rings is 4. The summed E-state index contributed by atoms with van der Waals surface area (Å²) in [6.07, 6.45) is 4.24. The average molecular weight is 889 g/mol.